The maximum absolute atomic E-state index is 11.2. The number of hydrogen-bond acceptors (Lipinski definition) is 5. The van der Waals surface area contributed by atoms with Crippen molar-refractivity contribution in [3.05, 3.63) is 11.6 Å². The third-order valence-corrected chi connectivity index (χ3v) is 1.55. The summed E-state index contributed by atoms with van der Waals surface area (Å²) in [6.45, 7) is 5.55. The Hall–Kier alpha value is -1.43. The summed E-state index contributed by atoms with van der Waals surface area (Å²) in [7, 11) is 0. The molecule has 0 fully saturated rings. The Morgan fingerprint density at radius 2 is 2.29 bits per heavy atom. The van der Waals surface area contributed by atoms with Gasteiger partial charge in [0.1, 0.15) is 5.82 Å². The third kappa shape index (κ3) is 2.29. The number of nitrogens with two attached hydrogens (primary N) is 1. The maximum Gasteiger partial charge on any atom is 0.378 e. The van der Waals surface area contributed by atoms with Gasteiger partial charge in [0.25, 0.3) is 5.82 Å². The third-order valence-electron chi connectivity index (χ3n) is 1.55. The monoisotopic (exact) mass is 198 g/mol. The summed E-state index contributed by atoms with van der Waals surface area (Å²) in [6, 6.07) is 0. The lowest BCUT2D eigenvalue weighted by atomic mass is 10.1. The van der Waals surface area contributed by atoms with Gasteiger partial charge in [0, 0.05) is 0 Å². The van der Waals surface area contributed by atoms with Gasteiger partial charge in [-0.1, -0.05) is 0 Å². The summed E-state index contributed by atoms with van der Waals surface area (Å²) in [5.41, 5.74) is 5.12. The van der Waals surface area contributed by atoms with E-state index in [9.17, 15) is 4.79 Å². The highest BCUT2D eigenvalue weighted by atomic mass is 16.5. The standard InChI is InChI=1S/C8H14N4O2/c1-4-14-6(13)5-10-7(12-11-5)8(2,3)9/h4,9H2,1-3H3,(H,10,11,12). The lowest BCUT2D eigenvalue weighted by Gasteiger charge is -2.13. The first kappa shape index (κ1) is 10.6. The number of nitrogens with zero attached hydrogens (tertiary/aromatic N) is 2. The van der Waals surface area contributed by atoms with E-state index in [1.807, 2.05) is 0 Å². The first-order chi connectivity index (χ1) is 6.45. The molecule has 0 radical (unpaired) electrons. The molecule has 14 heavy (non-hydrogen) atoms. The van der Waals surface area contributed by atoms with Crippen LogP contribution >= 0.6 is 0 Å². The second-order valence-electron chi connectivity index (χ2n) is 3.45. The molecule has 0 aromatic carbocycles. The molecule has 0 aliphatic rings. The summed E-state index contributed by atoms with van der Waals surface area (Å²) in [5, 5.41) is 6.31. The fraction of sp³-hybridized carbons (Fsp3) is 0.625. The lowest BCUT2D eigenvalue weighted by Crippen LogP contribution is -2.30. The van der Waals surface area contributed by atoms with Gasteiger partial charge < -0.3 is 10.5 Å². The zero-order valence-corrected chi connectivity index (χ0v) is 8.50. The highest BCUT2D eigenvalue weighted by Crippen LogP contribution is 2.11. The largest absolute Gasteiger partial charge is 0.460 e. The molecule has 0 unspecified atom stereocenters. The minimum absolute atomic E-state index is 0.0142. The van der Waals surface area contributed by atoms with Gasteiger partial charge in [0.05, 0.1) is 12.1 Å². The minimum atomic E-state index is -0.641. The number of ether oxygens (including phenoxy) is 1. The average Bonchev–Trinajstić information content (AvgIpc) is 2.51. The van der Waals surface area contributed by atoms with Gasteiger partial charge in [-0.15, -0.1) is 5.10 Å². The van der Waals surface area contributed by atoms with Crippen LogP contribution in [0.15, 0.2) is 0 Å². The second-order valence-corrected chi connectivity index (χ2v) is 3.45. The van der Waals surface area contributed by atoms with Crippen LogP contribution in [0.3, 0.4) is 0 Å². The zero-order chi connectivity index (χ0) is 10.8. The Morgan fingerprint density at radius 1 is 1.64 bits per heavy atom. The van der Waals surface area contributed by atoms with Gasteiger partial charge in [-0.25, -0.2) is 9.78 Å². The Bertz CT molecular complexity index is 326. The number of hydrogen-bond donors (Lipinski definition) is 2. The molecule has 6 nitrogen and oxygen atoms in total. The van der Waals surface area contributed by atoms with Crippen molar-refractivity contribution in [1.82, 2.24) is 15.2 Å². The molecular formula is C8H14N4O2. The van der Waals surface area contributed by atoms with Crippen molar-refractivity contribution in [1.29, 1.82) is 0 Å². The van der Waals surface area contributed by atoms with E-state index in [0.717, 1.165) is 0 Å². The predicted molar refractivity (Wildman–Crippen MR) is 49.6 cm³/mol. The Morgan fingerprint density at radius 3 is 2.71 bits per heavy atom. The van der Waals surface area contributed by atoms with Gasteiger partial charge in [-0.2, -0.15) is 0 Å². The summed E-state index contributed by atoms with van der Waals surface area (Å²) >= 11 is 0. The molecule has 0 atom stereocenters. The molecule has 0 amide bonds. The van der Waals surface area contributed by atoms with E-state index >= 15 is 0 Å². The van der Waals surface area contributed by atoms with Crippen molar-refractivity contribution in [2.24, 2.45) is 5.73 Å². The number of rotatable bonds is 3. The molecule has 1 aromatic rings. The number of carbonyl (C=O) groups excluding carboxylic acids is 1. The molecule has 0 aliphatic carbocycles. The molecule has 1 rings (SSSR count). The molecule has 0 bridgehead atoms. The van der Waals surface area contributed by atoms with E-state index < -0.39 is 11.5 Å². The van der Waals surface area contributed by atoms with Crippen LogP contribution in [-0.2, 0) is 10.3 Å². The van der Waals surface area contributed by atoms with Gasteiger partial charge >= 0.3 is 5.97 Å². The Labute approximate surface area is 81.9 Å². The number of nitrogens with one attached hydrogen (secondary N) is 1. The van der Waals surface area contributed by atoms with E-state index in [1.165, 1.54) is 0 Å². The fourth-order valence-electron chi connectivity index (χ4n) is 0.837. The van der Waals surface area contributed by atoms with Gasteiger partial charge in [-0.05, 0) is 20.8 Å². The second kappa shape index (κ2) is 3.75. The highest BCUT2D eigenvalue weighted by Gasteiger charge is 2.21. The van der Waals surface area contributed by atoms with Crippen LogP contribution in [0.25, 0.3) is 0 Å². The van der Waals surface area contributed by atoms with E-state index in [2.05, 4.69) is 15.2 Å². The topological polar surface area (TPSA) is 93.9 Å². The maximum atomic E-state index is 11.2. The fourth-order valence-corrected chi connectivity index (χ4v) is 0.837. The zero-order valence-electron chi connectivity index (χ0n) is 8.50. The molecular weight excluding hydrogens is 184 g/mol. The Balaban J connectivity index is 2.83. The lowest BCUT2D eigenvalue weighted by molar-refractivity contribution is 0.0512. The molecule has 6 heteroatoms. The average molecular weight is 198 g/mol. The Kier molecular flexibility index (Phi) is 2.85. The van der Waals surface area contributed by atoms with Crippen molar-refractivity contribution in [3.63, 3.8) is 0 Å². The van der Waals surface area contributed by atoms with Crippen LogP contribution in [0.1, 0.15) is 37.2 Å². The molecule has 1 aromatic heterocycles. The van der Waals surface area contributed by atoms with E-state index in [4.69, 9.17) is 10.5 Å². The molecule has 0 aliphatic heterocycles. The first-order valence-corrected chi connectivity index (χ1v) is 4.34. The predicted octanol–water partition coefficient (Wildman–Crippen LogP) is 0.175. The molecule has 1 heterocycles. The van der Waals surface area contributed by atoms with Crippen molar-refractivity contribution >= 4 is 5.97 Å². The normalized spacial score (nSPS) is 11.4. The van der Waals surface area contributed by atoms with Gasteiger partial charge in [0.15, 0.2) is 0 Å². The number of carbonyl (C=O) groups is 1. The molecule has 0 saturated carbocycles. The van der Waals surface area contributed by atoms with Crippen LogP contribution in [0.4, 0.5) is 0 Å². The summed E-state index contributed by atoms with van der Waals surface area (Å²) < 4.78 is 4.73. The SMILES string of the molecule is CCOC(=O)c1n[nH]c(C(C)(C)N)n1. The van der Waals surface area contributed by atoms with Crippen LogP contribution < -0.4 is 5.73 Å². The molecule has 0 spiro atoms. The summed E-state index contributed by atoms with van der Waals surface area (Å²) in [4.78, 5) is 15.1. The number of esters is 1. The minimum Gasteiger partial charge on any atom is -0.460 e. The van der Waals surface area contributed by atoms with Crippen LogP contribution in [0, 0.1) is 0 Å². The number of H-pyrrole nitrogens is 1. The number of aromatic amines is 1. The van der Waals surface area contributed by atoms with Crippen molar-refractivity contribution in [2.45, 2.75) is 26.3 Å². The smallest absolute Gasteiger partial charge is 0.378 e. The van der Waals surface area contributed by atoms with Crippen LogP contribution in [0.5, 0.6) is 0 Å². The first-order valence-electron chi connectivity index (χ1n) is 4.34. The summed E-state index contributed by atoms with van der Waals surface area (Å²) in [5.74, 6) is -0.0693. The quantitative estimate of drug-likeness (QED) is 0.675. The van der Waals surface area contributed by atoms with Crippen molar-refractivity contribution < 1.29 is 9.53 Å². The number of aromatic nitrogens is 3. The molecule has 0 saturated heterocycles. The van der Waals surface area contributed by atoms with E-state index in [1.54, 1.807) is 20.8 Å². The molecule has 3 N–H and O–H groups in total. The van der Waals surface area contributed by atoms with Crippen LogP contribution in [-0.4, -0.2) is 27.8 Å². The van der Waals surface area contributed by atoms with Gasteiger partial charge in [0.2, 0.25) is 0 Å². The molecule has 78 valence electrons. The van der Waals surface area contributed by atoms with E-state index in [0.29, 0.717) is 12.4 Å². The highest BCUT2D eigenvalue weighted by molar-refractivity contribution is 5.84. The van der Waals surface area contributed by atoms with Crippen molar-refractivity contribution in [3.8, 4) is 0 Å². The van der Waals surface area contributed by atoms with Crippen LogP contribution in [0.2, 0.25) is 0 Å². The van der Waals surface area contributed by atoms with Gasteiger partial charge in [-0.3, -0.25) is 5.10 Å². The summed E-state index contributed by atoms with van der Waals surface area (Å²) in [6.07, 6.45) is 0. The van der Waals surface area contributed by atoms with Crippen molar-refractivity contribution in [2.75, 3.05) is 6.61 Å². The van der Waals surface area contributed by atoms with E-state index in [-0.39, 0.29) is 5.82 Å².